The topological polar surface area (TPSA) is 94.7 Å². The number of carbonyl (C=O) groups is 1. The summed E-state index contributed by atoms with van der Waals surface area (Å²) in [7, 11) is 1.97. The molecule has 0 aliphatic carbocycles. The Balaban J connectivity index is 1.51. The molecule has 2 heterocycles. The van der Waals surface area contributed by atoms with Crippen molar-refractivity contribution in [2.45, 2.75) is 39.3 Å². The summed E-state index contributed by atoms with van der Waals surface area (Å²) in [6, 6.07) is 14.8. The molecule has 1 amide bonds. The van der Waals surface area contributed by atoms with Gasteiger partial charge < -0.3 is 9.88 Å². The van der Waals surface area contributed by atoms with Crippen LogP contribution in [0, 0.1) is 5.92 Å². The lowest BCUT2D eigenvalue weighted by Gasteiger charge is -2.20. The number of fused-ring (bicyclic) bond motifs is 2. The van der Waals surface area contributed by atoms with Crippen LogP contribution >= 0.6 is 0 Å². The average Bonchev–Trinajstić information content (AvgIpc) is 3.09. The smallest absolute Gasteiger partial charge is 0.277 e. The highest BCUT2D eigenvalue weighted by Crippen LogP contribution is 2.24. The second kappa shape index (κ2) is 8.67. The lowest BCUT2D eigenvalue weighted by molar-refractivity contribution is -0.122. The van der Waals surface area contributed by atoms with E-state index in [9.17, 15) is 9.59 Å². The molecule has 31 heavy (non-hydrogen) atoms. The number of benzene rings is 2. The van der Waals surface area contributed by atoms with Gasteiger partial charge in [-0.15, -0.1) is 5.10 Å². The van der Waals surface area contributed by atoms with Gasteiger partial charge in [-0.3, -0.25) is 9.59 Å². The number of nitrogens with one attached hydrogen (secondary N) is 1. The molecule has 0 unspecified atom stereocenters. The molecule has 0 bridgehead atoms. The molecule has 0 saturated heterocycles. The van der Waals surface area contributed by atoms with E-state index in [4.69, 9.17) is 4.98 Å². The molecule has 4 rings (SSSR count). The summed E-state index contributed by atoms with van der Waals surface area (Å²) in [6.07, 6.45) is 0.893. The van der Waals surface area contributed by atoms with E-state index < -0.39 is 0 Å². The maximum Gasteiger partial charge on any atom is 0.277 e. The van der Waals surface area contributed by atoms with Crippen LogP contribution in [-0.2, 0) is 18.4 Å². The Morgan fingerprint density at radius 2 is 1.77 bits per heavy atom. The van der Waals surface area contributed by atoms with Crippen LogP contribution in [0.15, 0.2) is 53.3 Å². The van der Waals surface area contributed by atoms with Gasteiger partial charge in [-0.05, 0) is 36.6 Å². The van der Waals surface area contributed by atoms with Gasteiger partial charge in [0, 0.05) is 13.5 Å². The number of aryl methyl sites for hydroxylation is 2. The maximum absolute atomic E-state index is 12.8. The summed E-state index contributed by atoms with van der Waals surface area (Å²) < 4.78 is 3.27. The quantitative estimate of drug-likeness (QED) is 0.498. The van der Waals surface area contributed by atoms with Gasteiger partial charge in [-0.25, -0.2) is 9.67 Å². The van der Waals surface area contributed by atoms with Crippen molar-refractivity contribution in [1.29, 1.82) is 0 Å². The van der Waals surface area contributed by atoms with Crippen molar-refractivity contribution in [2.75, 3.05) is 0 Å². The van der Waals surface area contributed by atoms with Crippen LogP contribution in [-0.4, -0.2) is 30.5 Å². The number of amides is 1. The summed E-state index contributed by atoms with van der Waals surface area (Å²) in [5, 5.41) is 11.6. The lowest BCUT2D eigenvalue weighted by Crippen LogP contribution is -2.33. The summed E-state index contributed by atoms with van der Waals surface area (Å²) in [6.45, 7) is 4.40. The maximum atomic E-state index is 12.8. The monoisotopic (exact) mass is 418 g/mol. The molecule has 0 fully saturated rings. The standard InChI is InChI=1S/C23H26N6O2/c1-15(2)14-19(22-25-18-10-6-7-11-20(18)28(22)3)24-21(30)12-13-29-23(31)16-8-4-5-9-17(16)26-27-29/h4-11,15,19H,12-14H2,1-3H3,(H,24,30)/t19-/m0/s1. The van der Waals surface area contributed by atoms with Crippen molar-refractivity contribution in [3.05, 3.63) is 64.7 Å². The number of rotatable bonds is 7. The van der Waals surface area contributed by atoms with E-state index in [1.807, 2.05) is 41.9 Å². The van der Waals surface area contributed by atoms with E-state index >= 15 is 0 Å². The van der Waals surface area contributed by atoms with Crippen molar-refractivity contribution in [2.24, 2.45) is 13.0 Å². The van der Waals surface area contributed by atoms with Crippen LogP contribution in [0.2, 0.25) is 0 Å². The van der Waals surface area contributed by atoms with E-state index in [0.717, 1.165) is 23.3 Å². The predicted octanol–water partition coefficient (Wildman–Crippen LogP) is 2.97. The zero-order valence-corrected chi connectivity index (χ0v) is 17.9. The molecule has 0 aliphatic heterocycles. The van der Waals surface area contributed by atoms with Crippen LogP contribution in [0.25, 0.3) is 21.9 Å². The minimum absolute atomic E-state index is 0.130. The van der Waals surface area contributed by atoms with Crippen molar-refractivity contribution >= 4 is 27.8 Å². The molecular formula is C23H26N6O2. The first-order valence-electron chi connectivity index (χ1n) is 10.5. The Morgan fingerprint density at radius 1 is 1.06 bits per heavy atom. The van der Waals surface area contributed by atoms with Crippen molar-refractivity contribution < 1.29 is 4.79 Å². The molecular weight excluding hydrogens is 392 g/mol. The number of imidazole rings is 1. The Kier molecular flexibility index (Phi) is 5.79. The van der Waals surface area contributed by atoms with Crippen LogP contribution in [0.5, 0.6) is 0 Å². The zero-order valence-electron chi connectivity index (χ0n) is 17.9. The predicted molar refractivity (Wildman–Crippen MR) is 119 cm³/mol. The van der Waals surface area contributed by atoms with Crippen LogP contribution in [0.3, 0.4) is 0 Å². The van der Waals surface area contributed by atoms with Gasteiger partial charge in [0.2, 0.25) is 5.91 Å². The number of nitrogens with zero attached hydrogens (tertiary/aromatic N) is 5. The molecule has 1 N–H and O–H groups in total. The number of hydrogen-bond acceptors (Lipinski definition) is 5. The molecule has 8 nitrogen and oxygen atoms in total. The molecule has 1 atom stereocenters. The van der Waals surface area contributed by atoms with Crippen molar-refractivity contribution in [3.63, 3.8) is 0 Å². The number of hydrogen-bond donors (Lipinski definition) is 1. The van der Waals surface area contributed by atoms with Gasteiger partial charge in [0.15, 0.2) is 0 Å². The first kappa shape index (κ1) is 20.7. The fraction of sp³-hybridized carbons (Fsp3) is 0.348. The molecule has 2 aromatic carbocycles. The van der Waals surface area contributed by atoms with Gasteiger partial charge in [0.25, 0.3) is 5.56 Å². The molecule has 2 aromatic heterocycles. The van der Waals surface area contributed by atoms with Gasteiger partial charge in [0.1, 0.15) is 11.3 Å². The van der Waals surface area contributed by atoms with E-state index in [0.29, 0.717) is 16.8 Å². The summed E-state index contributed by atoms with van der Waals surface area (Å²) in [5.74, 6) is 1.05. The molecule has 0 aliphatic rings. The largest absolute Gasteiger partial charge is 0.346 e. The van der Waals surface area contributed by atoms with Crippen molar-refractivity contribution in [3.8, 4) is 0 Å². The molecule has 160 valence electrons. The number of carbonyl (C=O) groups excluding carboxylic acids is 1. The van der Waals surface area contributed by atoms with Crippen LogP contribution in [0.1, 0.15) is 38.6 Å². The van der Waals surface area contributed by atoms with Gasteiger partial charge in [0.05, 0.1) is 29.0 Å². The number of para-hydroxylation sites is 2. The van der Waals surface area contributed by atoms with Gasteiger partial charge >= 0.3 is 0 Å². The summed E-state index contributed by atoms with van der Waals surface area (Å²) in [5.41, 5.74) is 2.24. The van der Waals surface area contributed by atoms with E-state index in [2.05, 4.69) is 29.5 Å². The molecule has 4 aromatic rings. The normalized spacial score (nSPS) is 12.5. The highest BCUT2D eigenvalue weighted by Gasteiger charge is 2.22. The summed E-state index contributed by atoms with van der Waals surface area (Å²) in [4.78, 5) is 30.1. The van der Waals surface area contributed by atoms with Crippen molar-refractivity contribution in [1.82, 2.24) is 29.9 Å². The second-order valence-electron chi connectivity index (χ2n) is 8.15. The Bertz CT molecular complexity index is 1290. The fourth-order valence-electron chi connectivity index (χ4n) is 3.82. The third kappa shape index (κ3) is 4.33. The van der Waals surface area contributed by atoms with Gasteiger partial charge in [-0.1, -0.05) is 43.3 Å². The van der Waals surface area contributed by atoms with Gasteiger partial charge in [-0.2, -0.15) is 0 Å². The Labute approximate surface area is 179 Å². The molecule has 0 saturated carbocycles. The van der Waals surface area contributed by atoms with Crippen LogP contribution in [0.4, 0.5) is 0 Å². The second-order valence-corrected chi connectivity index (χ2v) is 8.15. The summed E-state index contributed by atoms with van der Waals surface area (Å²) >= 11 is 0. The minimum Gasteiger partial charge on any atom is -0.346 e. The first-order valence-corrected chi connectivity index (χ1v) is 10.5. The molecule has 0 radical (unpaired) electrons. The van der Waals surface area contributed by atoms with Crippen LogP contribution < -0.4 is 10.9 Å². The highest BCUT2D eigenvalue weighted by atomic mass is 16.2. The van der Waals surface area contributed by atoms with E-state index in [1.165, 1.54) is 4.68 Å². The molecule has 0 spiro atoms. The minimum atomic E-state index is -0.243. The third-order valence-electron chi connectivity index (χ3n) is 5.36. The average molecular weight is 419 g/mol. The lowest BCUT2D eigenvalue weighted by atomic mass is 10.0. The fourth-order valence-corrected chi connectivity index (χ4v) is 3.82. The number of aromatic nitrogens is 5. The third-order valence-corrected chi connectivity index (χ3v) is 5.36. The zero-order chi connectivity index (χ0) is 22.0. The first-order chi connectivity index (χ1) is 14.9. The Morgan fingerprint density at radius 3 is 2.52 bits per heavy atom. The van der Waals surface area contributed by atoms with E-state index in [1.54, 1.807) is 18.2 Å². The SMILES string of the molecule is CC(C)C[C@H](NC(=O)CCn1nnc2ccccc2c1=O)c1nc2ccccc2n1C. The van der Waals surface area contributed by atoms with E-state index in [-0.39, 0.29) is 30.5 Å². The highest BCUT2D eigenvalue weighted by molar-refractivity contribution is 5.78. The Hall–Kier alpha value is -3.55. The molecule has 8 heteroatoms.